The van der Waals surface area contributed by atoms with Gasteiger partial charge >= 0.3 is 6.18 Å². The number of benzene rings is 2. The van der Waals surface area contributed by atoms with Crippen molar-refractivity contribution in [3.05, 3.63) is 59.7 Å². The maximum Gasteiger partial charge on any atom is 0.417 e. The number of primary sulfonamides is 1. The molecule has 2 rings (SSSR count). The number of hydrogen-bond acceptors (Lipinski definition) is 4. The van der Waals surface area contributed by atoms with E-state index in [0.29, 0.717) is 11.6 Å². The molecule has 0 bridgehead atoms. The zero-order valence-electron chi connectivity index (χ0n) is 13.2. The Balaban J connectivity index is 2.10. The molecule has 0 radical (unpaired) electrons. The van der Waals surface area contributed by atoms with Crippen molar-refractivity contribution in [1.29, 1.82) is 0 Å². The van der Waals surface area contributed by atoms with Gasteiger partial charge in [-0.25, -0.2) is 26.7 Å². The summed E-state index contributed by atoms with van der Waals surface area (Å²) in [6.45, 7) is -0.163. The largest absolute Gasteiger partial charge is 0.417 e. The third-order valence-electron chi connectivity index (χ3n) is 3.44. The minimum absolute atomic E-state index is 0.0964. The minimum atomic E-state index is -4.80. The molecule has 0 atom stereocenters. The zero-order valence-corrected chi connectivity index (χ0v) is 14.8. The Morgan fingerprint density at radius 3 is 2.04 bits per heavy atom. The third-order valence-corrected chi connectivity index (χ3v) is 5.89. The molecule has 0 spiro atoms. The summed E-state index contributed by atoms with van der Waals surface area (Å²) in [6, 6.07) is 9.29. The maximum absolute atomic E-state index is 12.9. The van der Waals surface area contributed by atoms with Gasteiger partial charge in [0, 0.05) is 6.54 Å². The van der Waals surface area contributed by atoms with Crippen LogP contribution in [0.15, 0.2) is 58.3 Å². The molecule has 2 aromatic rings. The molecule has 142 valence electrons. The van der Waals surface area contributed by atoms with Gasteiger partial charge in [-0.15, -0.1) is 0 Å². The summed E-state index contributed by atoms with van der Waals surface area (Å²) in [5.41, 5.74) is -0.658. The molecule has 0 saturated heterocycles. The molecule has 0 heterocycles. The van der Waals surface area contributed by atoms with Gasteiger partial charge in [-0.05, 0) is 36.2 Å². The molecule has 11 heteroatoms. The number of nitrogens with two attached hydrogens (primary N) is 1. The molecule has 2 aromatic carbocycles. The van der Waals surface area contributed by atoms with Crippen LogP contribution in [0.5, 0.6) is 0 Å². The van der Waals surface area contributed by atoms with E-state index in [9.17, 15) is 30.0 Å². The molecule has 26 heavy (non-hydrogen) atoms. The molecule has 0 saturated carbocycles. The number of rotatable bonds is 6. The molecule has 6 nitrogen and oxygen atoms in total. The molecule has 3 N–H and O–H groups in total. The average molecular weight is 408 g/mol. The van der Waals surface area contributed by atoms with Gasteiger partial charge in [-0.1, -0.05) is 24.3 Å². The summed E-state index contributed by atoms with van der Waals surface area (Å²) in [6.07, 6.45) is -4.65. The van der Waals surface area contributed by atoms with Crippen molar-refractivity contribution in [2.24, 2.45) is 5.14 Å². The third kappa shape index (κ3) is 5.04. The van der Waals surface area contributed by atoms with Gasteiger partial charge in [0.15, 0.2) is 0 Å². The van der Waals surface area contributed by atoms with Crippen molar-refractivity contribution in [3.63, 3.8) is 0 Å². The zero-order chi connectivity index (χ0) is 19.6. The van der Waals surface area contributed by atoms with Crippen LogP contribution in [0.2, 0.25) is 0 Å². The number of nitrogens with one attached hydrogen (secondary N) is 1. The van der Waals surface area contributed by atoms with Gasteiger partial charge in [0.2, 0.25) is 20.0 Å². The first-order valence-electron chi connectivity index (χ1n) is 7.19. The molecule has 0 unspecified atom stereocenters. The van der Waals surface area contributed by atoms with E-state index in [4.69, 9.17) is 5.14 Å². The summed E-state index contributed by atoms with van der Waals surface area (Å²) in [5, 5.41) is 4.97. The van der Waals surface area contributed by atoms with Gasteiger partial charge in [0.1, 0.15) is 0 Å². The van der Waals surface area contributed by atoms with Crippen LogP contribution in [0, 0.1) is 0 Å². The fourth-order valence-corrected chi connectivity index (χ4v) is 3.96. The van der Waals surface area contributed by atoms with Crippen LogP contribution in [0.1, 0.15) is 11.1 Å². The van der Waals surface area contributed by atoms with Crippen LogP contribution < -0.4 is 9.86 Å². The smallest absolute Gasteiger partial charge is 0.225 e. The van der Waals surface area contributed by atoms with Crippen molar-refractivity contribution < 1.29 is 30.0 Å². The number of sulfonamides is 2. The fourth-order valence-electron chi connectivity index (χ4n) is 2.19. The van der Waals surface area contributed by atoms with Gasteiger partial charge in [0.05, 0.1) is 15.4 Å². The highest BCUT2D eigenvalue weighted by atomic mass is 32.2. The summed E-state index contributed by atoms with van der Waals surface area (Å²) in [4.78, 5) is -0.946. The van der Waals surface area contributed by atoms with Crippen LogP contribution >= 0.6 is 0 Å². The van der Waals surface area contributed by atoms with E-state index in [2.05, 4.69) is 4.72 Å². The normalized spacial score (nSPS) is 12.9. The van der Waals surface area contributed by atoms with E-state index in [0.717, 1.165) is 12.1 Å². The van der Waals surface area contributed by atoms with Crippen molar-refractivity contribution in [2.75, 3.05) is 6.54 Å². The lowest BCUT2D eigenvalue weighted by molar-refractivity contribution is -0.139. The summed E-state index contributed by atoms with van der Waals surface area (Å²) in [7, 11) is -8.20. The van der Waals surface area contributed by atoms with Crippen molar-refractivity contribution in [2.45, 2.75) is 22.4 Å². The van der Waals surface area contributed by atoms with E-state index in [1.807, 2.05) is 0 Å². The standard InChI is InChI=1S/C15H15F3N2O4S2/c16-15(17,18)13-3-1-2-4-14(13)26(23,24)20-10-9-11-5-7-12(8-6-11)25(19,21)22/h1-8,20H,9-10H2,(H2,19,21,22). The second-order valence-electron chi connectivity index (χ2n) is 5.33. The molecule has 0 aliphatic heterocycles. The Kier molecular flexibility index (Phi) is 5.76. The Morgan fingerprint density at radius 2 is 1.50 bits per heavy atom. The highest BCUT2D eigenvalue weighted by Gasteiger charge is 2.36. The van der Waals surface area contributed by atoms with E-state index in [1.54, 1.807) is 0 Å². The lowest BCUT2D eigenvalue weighted by atomic mass is 10.2. The van der Waals surface area contributed by atoms with Crippen LogP contribution in [0.4, 0.5) is 13.2 Å². The quantitative estimate of drug-likeness (QED) is 0.761. The number of halogens is 3. The predicted molar refractivity (Wildman–Crippen MR) is 88.2 cm³/mol. The minimum Gasteiger partial charge on any atom is -0.225 e. The Labute approximate surface area is 148 Å². The lowest BCUT2D eigenvalue weighted by Crippen LogP contribution is -2.28. The molecular formula is C15H15F3N2O4S2. The lowest BCUT2D eigenvalue weighted by Gasteiger charge is -2.13. The Hall–Kier alpha value is -1.95. The van der Waals surface area contributed by atoms with Gasteiger partial charge < -0.3 is 0 Å². The first kappa shape index (κ1) is 20.4. The summed E-state index contributed by atoms with van der Waals surface area (Å²) >= 11 is 0. The molecular weight excluding hydrogens is 393 g/mol. The van der Waals surface area contributed by atoms with Gasteiger partial charge in [-0.3, -0.25) is 0 Å². The van der Waals surface area contributed by atoms with Crippen molar-refractivity contribution >= 4 is 20.0 Å². The summed E-state index contributed by atoms with van der Waals surface area (Å²) < 4.78 is 87.6. The van der Waals surface area contributed by atoms with E-state index in [-0.39, 0.29) is 17.9 Å². The monoisotopic (exact) mass is 408 g/mol. The van der Waals surface area contributed by atoms with Gasteiger partial charge in [0.25, 0.3) is 0 Å². The van der Waals surface area contributed by atoms with Crippen molar-refractivity contribution in [1.82, 2.24) is 4.72 Å². The Morgan fingerprint density at radius 1 is 0.923 bits per heavy atom. The van der Waals surface area contributed by atoms with Crippen molar-refractivity contribution in [3.8, 4) is 0 Å². The maximum atomic E-state index is 12.9. The van der Waals surface area contributed by atoms with E-state index in [1.165, 1.54) is 30.3 Å². The summed E-state index contributed by atoms with van der Waals surface area (Å²) in [5.74, 6) is 0. The van der Waals surface area contributed by atoms with Crippen LogP contribution in [0.3, 0.4) is 0 Å². The SMILES string of the molecule is NS(=O)(=O)c1ccc(CCNS(=O)(=O)c2ccccc2C(F)(F)F)cc1. The van der Waals surface area contributed by atoms with Crippen LogP contribution in [-0.4, -0.2) is 23.4 Å². The predicted octanol–water partition coefficient (Wildman–Crippen LogP) is 1.87. The highest BCUT2D eigenvalue weighted by Crippen LogP contribution is 2.33. The molecule has 0 aliphatic rings. The van der Waals surface area contributed by atoms with E-state index >= 15 is 0 Å². The molecule has 0 aromatic heterocycles. The number of hydrogen-bond donors (Lipinski definition) is 2. The highest BCUT2D eigenvalue weighted by molar-refractivity contribution is 7.89. The van der Waals surface area contributed by atoms with Crippen LogP contribution in [-0.2, 0) is 32.6 Å². The second kappa shape index (κ2) is 7.35. The van der Waals surface area contributed by atoms with E-state index < -0.39 is 36.7 Å². The topological polar surface area (TPSA) is 106 Å². The van der Waals surface area contributed by atoms with Crippen LogP contribution in [0.25, 0.3) is 0 Å². The molecule has 0 amide bonds. The number of alkyl halides is 3. The molecule has 0 fully saturated rings. The Bertz CT molecular complexity index is 986. The first-order chi connectivity index (χ1) is 11.9. The van der Waals surface area contributed by atoms with Gasteiger partial charge in [-0.2, -0.15) is 13.2 Å². The molecule has 0 aliphatic carbocycles. The average Bonchev–Trinajstić information content (AvgIpc) is 2.53. The first-order valence-corrected chi connectivity index (χ1v) is 10.2. The second-order valence-corrected chi connectivity index (χ2v) is 8.63. The fraction of sp³-hybridized carbons (Fsp3) is 0.200.